The number of nitrogens with one attached hydrogen (secondary N) is 1. The number of hydrogen-bond donors (Lipinski definition) is 1. The number of nitrogens with zero attached hydrogens (tertiary/aromatic N) is 3. The van der Waals surface area contributed by atoms with Gasteiger partial charge in [0, 0.05) is 51.8 Å². The molecule has 4 nitrogen and oxygen atoms in total. The standard InChI is InChI=1S/C15H21FN4.HI/c1-19(2)15(20(3)4)17-8-7-11-10-18-14-6-5-12(16)9-13(11)14;/h5-6,9-10,18H,7-8H2,1-4H3;1H. The number of aromatic amines is 1. The molecule has 2 aromatic rings. The van der Waals surface area contributed by atoms with Gasteiger partial charge in [0.15, 0.2) is 5.96 Å². The van der Waals surface area contributed by atoms with E-state index in [1.807, 2.05) is 44.2 Å². The molecule has 0 aliphatic rings. The summed E-state index contributed by atoms with van der Waals surface area (Å²) in [7, 11) is 7.89. The van der Waals surface area contributed by atoms with Crippen LogP contribution in [0.5, 0.6) is 0 Å². The Balaban J connectivity index is 0.00000220. The minimum absolute atomic E-state index is 0. The number of aliphatic imine (C=N–C) groups is 1. The zero-order valence-electron chi connectivity index (χ0n) is 12.9. The molecule has 1 N–H and O–H groups in total. The molecular weight excluding hydrogens is 382 g/mol. The lowest BCUT2D eigenvalue weighted by molar-refractivity contribution is 0.479. The maximum absolute atomic E-state index is 13.3. The normalized spacial score (nSPS) is 10.1. The Morgan fingerprint density at radius 3 is 2.48 bits per heavy atom. The Morgan fingerprint density at radius 1 is 1.19 bits per heavy atom. The van der Waals surface area contributed by atoms with Gasteiger partial charge in [0.25, 0.3) is 0 Å². The fraction of sp³-hybridized carbons (Fsp3) is 0.400. The summed E-state index contributed by atoms with van der Waals surface area (Å²) in [6.07, 6.45) is 2.72. The molecule has 6 heteroatoms. The van der Waals surface area contributed by atoms with Crippen LogP contribution in [0.2, 0.25) is 0 Å². The van der Waals surface area contributed by atoms with Crippen molar-refractivity contribution in [2.45, 2.75) is 6.42 Å². The van der Waals surface area contributed by atoms with E-state index in [0.29, 0.717) is 6.54 Å². The summed E-state index contributed by atoms with van der Waals surface area (Å²) in [5.74, 6) is 0.722. The lowest BCUT2D eigenvalue weighted by atomic mass is 10.1. The van der Waals surface area contributed by atoms with E-state index in [4.69, 9.17) is 0 Å². The zero-order valence-corrected chi connectivity index (χ0v) is 15.2. The van der Waals surface area contributed by atoms with Gasteiger partial charge in [-0.25, -0.2) is 4.39 Å². The number of H-pyrrole nitrogens is 1. The Labute approximate surface area is 142 Å². The molecule has 1 aromatic carbocycles. The molecule has 1 aromatic heterocycles. The average molecular weight is 404 g/mol. The van der Waals surface area contributed by atoms with Crippen molar-refractivity contribution in [2.75, 3.05) is 34.7 Å². The van der Waals surface area contributed by atoms with Crippen molar-refractivity contribution in [3.05, 3.63) is 35.8 Å². The van der Waals surface area contributed by atoms with Crippen LogP contribution in [0.25, 0.3) is 10.9 Å². The van der Waals surface area contributed by atoms with E-state index in [1.165, 1.54) is 6.07 Å². The van der Waals surface area contributed by atoms with Crippen LogP contribution in [-0.2, 0) is 6.42 Å². The second-order valence-corrected chi connectivity index (χ2v) is 5.22. The van der Waals surface area contributed by atoms with Crippen molar-refractivity contribution in [3.8, 4) is 0 Å². The maximum Gasteiger partial charge on any atom is 0.195 e. The maximum atomic E-state index is 13.3. The number of aromatic nitrogens is 1. The molecule has 0 amide bonds. The van der Waals surface area contributed by atoms with Gasteiger partial charge in [-0.3, -0.25) is 4.99 Å². The molecule has 0 spiro atoms. The first-order valence-corrected chi connectivity index (χ1v) is 6.63. The quantitative estimate of drug-likeness (QED) is 0.485. The number of fused-ring (bicyclic) bond motifs is 1. The summed E-state index contributed by atoms with van der Waals surface area (Å²) in [6.45, 7) is 0.676. The predicted molar refractivity (Wildman–Crippen MR) is 97.1 cm³/mol. The summed E-state index contributed by atoms with van der Waals surface area (Å²) >= 11 is 0. The van der Waals surface area contributed by atoms with Gasteiger partial charge < -0.3 is 14.8 Å². The molecule has 0 unspecified atom stereocenters. The number of rotatable bonds is 3. The SMILES string of the molecule is CN(C)C(=NCCc1c[nH]c2ccc(F)cc12)N(C)C.I. The first-order chi connectivity index (χ1) is 9.49. The van der Waals surface area contributed by atoms with Crippen molar-refractivity contribution in [3.63, 3.8) is 0 Å². The fourth-order valence-electron chi connectivity index (χ4n) is 2.32. The van der Waals surface area contributed by atoms with Crippen LogP contribution in [0.3, 0.4) is 0 Å². The monoisotopic (exact) mass is 404 g/mol. The molecular formula is C15H22FIN4. The lowest BCUT2D eigenvalue weighted by Crippen LogP contribution is -2.35. The summed E-state index contributed by atoms with van der Waals surface area (Å²) < 4.78 is 13.3. The summed E-state index contributed by atoms with van der Waals surface area (Å²) in [5.41, 5.74) is 2.06. The lowest BCUT2D eigenvalue weighted by Gasteiger charge is -2.22. The van der Waals surface area contributed by atoms with Gasteiger partial charge in [0.1, 0.15) is 5.82 Å². The van der Waals surface area contributed by atoms with E-state index in [9.17, 15) is 4.39 Å². The van der Waals surface area contributed by atoms with Gasteiger partial charge in [-0.05, 0) is 30.2 Å². The fourth-order valence-corrected chi connectivity index (χ4v) is 2.32. The number of halogens is 2. The summed E-state index contributed by atoms with van der Waals surface area (Å²) in [4.78, 5) is 11.7. The third-order valence-corrected chi connectivity index (χ3v) is 3.16. The number of hydrogen-bond acceptors (Lipinski definition) is 1. The van der Waals surface area contributed by atoms with E-state index < -0.39 is 0 Å². The largest absolute Gasteiger partial charge is 0.361 e. The van der Waals surface area contributed by atoms with Crippen LogP contribution in [0.15, 0.2) is 29.4 Å². The van der Waals surface area contributed by atoms with Crippen molar-refractivity contribution in [1.82, 2.24) is 14.8 Å². The Hall–Kier alpha value is -1.31. The molecule has 0 bridgehead atoms. The van der Waals surface area contributed by atoms with Crippen molar-refractivity contribution in [2.24, 2.45) is 4.99 Å². The van der Waals surface area contributed by atoms with Gasteiger partial charge in [0.2, 0.25) is 0 Å². The van der Waals surface area contributed by atoms with Crippen LogP contribution in [0.1, 0.15) is 5.56 Å². The molecule has 0 saturated heterocycles. The number of guanidine groups is 1. The third-order valence-electron chi connectivity index (χ3n) is 3.16. The van der Waals surface area contributed by atoms with E-state index in [1.54, 1.807) is 12.1 Å². The van der Waals surface area contributed by atoms with Crippen LogP contribution in [0.4, 0.5) is 4.39 Å². The predicted octanol–water partition coefficient (Wildman–Crippen LogP) is 2.95. The highest BCUT2D eigenvalue weighted by molar-refractivity contribution is 14.0. The highest BCUT2D eigenvalue weighted by Crippen LogP contribution is 2.19. The summed E-state index contributed by atoms with van der Waals surface area (Å²) in [6, 6.07) is 4.81. The van der Waals surface area contributed by atoms with Crippen molar-refractivity contribution >= 4 is 40.8 Å². The third kappa shape index (κ3) is 4.33. The van der Waals surface area contributed by atoms with Gasteiger partial charge >= 0.3 is 0 Å². The molecule has 0 radical (unpaired) electrons. The van der Waals surface area contributed by atoms with Crippen LogP contribution in [0, 0.1) is 5.82 Å². The zero-order chi connectivity index (χ0) is 14.7. The van der Waals surface area contributed by atoms with Gasteiger partial charge in [-0.15, -0.1) is 24.0 Å². The Bertz CT molecular complexity index is 609. The molecule has 0 fully saturated rings. The molecule has 0 aliphatic heterocycles. The Kier molecular flexibility index (Phi) is 6.44. The minimum Gasteiger partial charge on any atom is -0.361 e. The second-order valence-electron chi connectivity index (χ2n) is 5.22. The van der Waals surface area contributed by atoms with Crippen LogP contribution >= 0.6 is 24.0 Å². The van der Waals surface area contributed by atoms with Crippen LogP contribution in [-0.4, -0.2) is 55.5 Å². The van der Waals surface area contributed by atoms with Gasteiger partial charge in [-0.2, -0.15) is 0 Å². The first kappa shape index (κ1) is 17.7. The highest BCUT2D eigenvalue weighted by Gasteiger charge is 2.06. The molecule has 2 rings (SSSR count). The molecule has 1 heterocycles. The van der Waals surface area contributed by atoms with Crippen LogP contribution < -0.4 is 0 Å². The molecule has 116 valence electrons. The van der Waals surface area contributed by atoms with Crippen molar-refractivity contribution in [1.29, 1.82) is 0 Å². The molecule has 21 heavy (non-hydrogen) atoms. The molecule has 0 aliphatic carbocycles. The van der Waals surface area contributed by atoms with E-state index in [0.717, 1.165) is 28.8 Å². The topological polar surface area (TPSA) is 34.6 Å². The second kappa shape index (κ2) is 7.63. The van der Waals surface area contributed by atoms with Crippen molar-refractivity contribution < 1.29 is 4.39 Å². The summed E-state index contributed by atoms with van der Waals surface area (Å²) in [5, 5.41) is 0.941. The van der Waals surface area contributed by atoms with Gasteiger partial charge in [-0.1, -0.05) is 0 Å². The molecule has 0 atom stereocenters. The average Bonchev–Trinajstić information content (AvgIpc) is 2.76. The smallest absolute Gasteiger partial charge is 0.195 e. The Morgan fingerprint density at radius 2 is 1.86 bits per heavy atom. The minimum atomic E-state index is -0.205. The highest BCUT2D eigenvalue weighted by atomic mass is 127. The number of benzene rings is 1. The molecule has 0 saturated carbocycles. The first-order valence-electron chi connectivity index (χ1n) is 6.63. The van der Waals surface area contributed by atoms with Gasteiger partial charge in [0.05, 0.1) is 0 Å². The van der Waals surface area contributed by atoms with E-state index in [2.05, 4.69) is 9.98 Å². The van der Waals surface area contributed by atoms with E-state index >= 15 is 0 Å². The van der Waals surface area contributed by atoms with E-state index in [-0.39, 0.29) is 29.8 Å².